The fourth-order valence-electron chi connectivity index (χ4n) is 2.89. The van der Waals surface area contributed by atoms with Gasteiger partial charge in [-0.15, -0.1) is 11.3 Å². The summed E-state index contributed by atoms with van der Waals surface area (Å²) in [6.45, 7) is 0. The molecule has 1 aliphatic carbocycles. The van der Waals surface area contributed by atoms with E-state index in [-0.39, 0.29) is 0 Å². The number of nitrogens with zero attached hydrogens (tertiary/aromatic N) is 1. The Balaban J connectivity index is 1.73. The molecule has 100 valence electrons. The summed E-state index contributed by atoms with van der Waals surface area (Å²) >= 11 is 1.75. The van der Waals surface area contributed by atoms with Gasteiger partial charge in [0.1, 0.15) is 6.10 Å². The number of aliphatic hydroxyl groups is 1. The highest BCUT2D eigenvalue weighted by Crippen LogP contribution is 2.36. The van der Waals surface area contributed by atoms with Gasteiger partial charge in [-0.2, -0.15) is 0 Å². The topological polar surface area (TPSA) is 33.1 Å². The molecule has 0 aliphatic heterocycles. The summed E-state index contributed by atoms with van der Waals surface area (Å²) in [5.74, 6) is 0. The summed E-state index contributed by atoms with van der Waals surface area (Å²) in [5, 5.41) is 11.7. The molecule has 1 aromatic carbocycles. The molecule has 4 rings (SSSR count). The van der Waals surface area contributed by atoms with Crippen molar-refractivity contribution in [2.75, 3.05) is 0 Å². The lowest BCUT2D eigenvalue weighted by Gasteiger charge is -2.09. The molecule has 3 heteroatoms. The van der Waals surface area contributed by atoms with Gasteiger partial charge in [0.25, 0.3) is 0 Å². The smallest absolute Gasteiger partial charge is 0.115 e. The second-order valence-electron chi connectivity index (χ2n) is 5.31. The van der Waals surface area contributed by atoms with Crippen molar-refractivity contribution in [1.29, 1.82) is 0 Å². The number of thiophene rings is 1. The summed E-state index contributed by atoms with van der Waals surface area (Å²) < 4.78 is 0. The third-order valence-corrected chi connectivity index (χ3v) is 5.25. The van der Waals surface area contributed by atoms with Crippen molar-refractivity contribution in [2.45, 2.75) is 25.4 Å². The number of benzene rings is 1. The molecule has 3 aromatic rings. The van der Waals surface area contributed by atoms with Gasteiger partial charge in [-0.05, 0) is 43.0 Å². The van der Waals surface area contributed by atoms with Crippen molar-refractivity contribution in [1.82, 2.24) is 4.98 Å². The van der Waals surface area contributed by atoms with Gasteiger partial charge in [0.05, 0.1) is 5.52 Å². The quantitative estimate of drug-likeness (QED) is 0.773. The Labute approximate surface area is 121 Å². The number of para-hydroxylation sites is 1. The monoisotopic (exact) mass is 281 g/mol. The first-order chi connectivity index (χ1) is 9.81. The number of hydrogen-bond donors (Lipinski definition) is 1. The molecule has 1 aliphatic rings. The second kappa shape index (κ2) is 4.69. The standard InChI is InChI=1S/C17H15NOS/c19-17(16-9-12-5-3-7-15(12)20-16)13-8-11-4-1-2-6-14(11)18-10-13/h1-2,4,6,8-10,17,19H,3,5,7H2. The maximum Gasteiger partial charge on any atom is 0.115 e. The molecule has 2 aromatic heterocycles. The average molecular weight is 281 g/mol. The minimum Gasteiger partial charge on any atom is -0.383 e. The highest BCUT2D eigenvalue weighted by molar-refractivity contribution is 7.12. The van der Waals surface area contributed by atoms with Gasteiger partial charge < -0.3 is 5.11 Å². The van der Waals surface area contributed by atoms with Crippen LogP contribution in [-0.2, 0) is 12.8 Å². The van der Waals surface area contributed by atoms with Crippen LogP contribution < -0.4 is 0 Å². The fraction of sp³-hybridized carbons (Fsp3) is 0.235. The van der Waals surface area contributed by atoms with E-state index >= 15 is 0 Å². The number of aliphatic hydroxyl groups excluding tert-OH is 1. The van der Waals surface area contributed by atoms with E-state index in [9.17, 15) is 5.11 Å². The fourth-order valence-corrected chi connectivity index (χ4v) is 4.16. The van der Waals surface area contributed by atoms with E-state index in [0.29, 0.717) is 0 Å². The van der Waals surface area contributed by atoms with Crippen molar-refractivity contribution < 1.29 is 5.11 Å². The van der Waals surface area contributed by atoms with Crippen LogP contribution in [0.25, 0.3) is 10.9 Å². The second-order valence-corrected chi connectivity index (χ2v) is 6.48. The van der Waals surface area contributed by atoms with Gasteiger partial charge in [0.2, 0.25) is 0 Å². The zero-order valence-corrected chi connectivity index (χ0v) is 11.9. The van der Waals surface area contributed by atoms with Crippen molar-refractivity contribution >= 4 is 22.2 Å². The Morgan fingerprint density at radius 1 is 1.15 bits per heavy atom. The molecule has 1 unspecified atom stereocenters. The first-order valence-corrected chi connectivity index (χ1v) is 7.77. The number of aryl methyl sites for hydroxylation is 2. The van der Waals surface area contributed by atoms with E-state index in [2.05, 4.69) is 11.1 Å². The summed E-state index contributed by atoms with van der Waals surface area (Å²) in [6.07, 6.45) is 4.83. The Bertz CT molecular complexity index is 756. The molecule has 1 atom stereocenters. The summed E-state index contributed by atoms with van der Waals surface area (Å²) in [7, 11) is 0. The maximum atomic E-state index is 10.6. The zero-order chi connectivity index (χ0) is 13.5. The van der Waals surface area contributed by atoms with Gasteiger partial charge in [-0.3, -0.25) is 4.98 Å². The molecule has 0 saturated carbocycles. The summed E-state index contributed by atoms with van der Waals surface area (Å²) in [6, 6.07) is 12.2. The average Bonchev–Trinajstić information content (AvgIpc) is 3.07. The molecule has 2 nitrogen and oxygen atoms in total. The lowest BCUT2D eigenvalue weighted by Crippen LogP contribution is -1.98. The maximum absolute atomic E-state index is 10.6. The molecular formula is C17H15NOS. The highest BCUT2D eigenvalue weighted by atomic mass is 32.1. The molecule has 20 heavy (non-hydrogen) atoms. The van der Waals surface area contributed by atoms with E-state index in [1.54, 1.807) is 17.5 Å². The normalized spacial score (nSPS) is 15.4. The largest absolute Gasteiger partial charge is 0.383 e. The number of aromatic nitrogens is 1. The van der Waals surface area contributed by atoms with Gasteiger partial charge >= 0.3 is 0 Å². The molecule has 0 amide bonds. The van der Waals surface area contributed by atoms with Crippen LogP contribution in [0, 0.1) is 0 Å². The first kappa shape index (κ1) is 12.1. The van der Waals surface area contributed by atoms with Crippen molar-refractivity contribution in [3.63, 3.8) is 0 Å². The number of rotatable bonds is 2. The molecule has 0 spiro atoms. The Morgan fingerprint density at radius 3 is 2.95 bits per heavy atom. The molecule has 0 bridgehead atoms. The molecular weight excluding hydrogens is 266 g/mol. The summed E-state index contributed by atoms with van der Waals surface area (Å²) in [5.41, 5.74) is 3.28. The number of hydrogen-bond acceptors (Lipinski definition) is 3. The number of pyridine rings is 1. The third kappa shape index (κ3) is 1.94. The molecule has 0 fully saturated rings. The SMILES string of the molecule is OC(c1cnc2ccccc2c1)c1cc2c(s1)CCC2. The van der Waals surface area contributed by atoms with Crippen LogP contribution in [0.5, 0.6) is 0 Å². The highest BCUT2D eigenvalue weighted by Gasteiger charge is 2.20. The zero-order valence-electron chi connectivity index (χ0n) is 11.0. The van der Waals surface area contributed by atoms with Crippen LogP contribution in [0.15, 0.2) is 42.6 Å². The molecule has 0 saturated heterocycles. The first-order valence-electron chi connectivity index (χ1n) is 6.95. The Kier molecular flexibility index (Phi) is 2.83. The summed E-state index contributed by atoms with van der Waals surface area (Å²) in [4.78, 5) is 6.94. The minimum absolute atomic E-state index is 0.553. The third-order valence-electron chi connectivity index (χ3n) is 3.96. The predicted molar refractivity (Wildman–Crippen MR) is 82.1 cm³/mol. The number of fused-ring (bicyclic) bond motifs is 2. The molecule has 1 N–H and O–H groups in total. The van der Waals surface area contributed by atoms with Crippen molar-refractivity contribution in [3.05, 3.63) is 63.5 Å². The van der Waals surface area contributed by atoms with Crippen LogP contribution in [0.2, 0.25) is 0 Å². The van der Waals surface area contributed by atoms with Crippen LogP contribution in [0.4, 0.5) is 0 Å². The van der Waals surface area contributed by atoms with Gasteiger partial charge in [-0.1, -0.05) is 18.2 Å². The Hall–Kier alpha value is -1.71. The van der Waals surface area contributed by atoms with Crippen LogP contribution in [-0.4, -0.2) is 10.1 Å². The van der Waals surface area contributed by atoms with Crippen LogP contribution in [0.1, 0.15) is 33.4 Å². The van der Waals surface area contributed by atoms with E-state index < -0.39 is 6.10 Å². The Morgan fingerprint density at radius 2 is 2.05 bits per heavy atom. The van der Waals surface area contributed by atoms with Gasteiger partial charge in [0.15, 0.2) is 0 Å². The van der Waals surface area contributed by atoms with E-state index in [1.165, 1.54) is 23.3 Å². The predicted octanol–water partition coefficient (Wildman–Crippen LogP) is 3.87. The lowest BCUT2D eigenvalue weighted by atomic mass is 10.1. The minimum atomic E-state index is -0.553. The van der Waals surface area contributed by atoms with Crippen LogP contribution >= 0.6 is 11.3 Å². The van der Waals surface area contributed by atoms with Crippen LogP contribution in [0.3, 0.4) is 0 Å². The van der Waals surface area contributed by atoms with E-state index in [0.717, 1.165) is 27.8 Å². The van der Waals surface area contributed by atoms with Gasteiger partial charge in [0, 0.05) is 26.9 Å². The molecule has 0 radical (unpaired) electrons. The van der Waals surface area contributed by atoms with Crippen molar-refractivity contribution in [2.24, 2.45) is 0 Å². The van der Waals surface area contributed by atoms with E-state index in [1.807, 2.05) is 30.3 Å². The van der Waals surface area contributed by atoms with Gasteiger partial charge in [-0.25, -0.2) is 0 Å². The lowest BCUT2D eigenvalue weighted by molar-refractivity contribution is 0.224. The van der Waals surface area contributed by atoms with E-state index in [4.69, 9.17) is 0 Å². The van der Waals surface area contributed by atoms with Crippen molar-refractivity contribution in [3.8, 4) is 0 Å². The molecule has 2 heterocycles.